The first-order valence-electron chi connectivity index (χ1n) is 12.0. The zero-order chi connectivity index (χ0) is 23.7. The van der Waals surface area contributed by atoms with Crippen LogP contribution in [0.25, 0.3) is 32.3 Å². The van der Waals surface area contributed by atoms with E-state index in [1.807, 2.05) is 17.9 Å². The van der Waals surface area contributed by atoms with Gasteiger partial charge >= 0.3 is 0 Å². The lowest BCUT2D eigenvalue weighted by atomic mass is 9.92. The van der Waals surface area contributed by atoms with Crippen LogP contribution in [-0.2, 0) is 14.3 Å². The van der Waals surface area contributed by atoms with E-state index in [0.717, 1.165) is 10.9 Å². The Kier molecular flexibility index (Phi) is 4.40. The van der Waals surface area contributed by atoms with E-state index in [-0.39, 0.29) is 12.6 Å². The van der Waals surface area contributed by atoms with Crippen LogP contribution in [0.1, 0.15) is 18.9 Å². The van der Waals surface area contributed by atoms with E-state index in [9.17, 15) is 9.90 Å². The van der Waals surface area contributed by atoms with E-state index >= 15 is 0 Å². The van der Waals surface area contributed by atoms with Gasteiger partial charge in [-0.15, -0.1) is 0 Å². The van der Waals surface area contributed by atoms with E-state index in [4.69, 9.17) is 9.47 Å². The fourth-order valence-corrected chi connectivity index (χ4v) is 5.77. The van der Waals surface area contributed by atoms with Gasteiger partial charge in [0.15, 0.2) is 6.23 Å². The predicted molar refractivity (Wildman–Crippen MR) is 134 cm³/mol. The molecule has 4 aromatic carbocycles. The van der Waals surface area contributed by atoms with Crippen molar-refractivity contribution >= 4 is 38.2 Å². The van der Waals surface area contributed by atoms with Gasteiger partial charge in [-0.05, 0) is 44.8 Å². The minimum absolute atomic E-state index is 0.221. The van der Waals surface area contributed by atoms with Crippen molar-refractivity contribution in [3.8, 4) is 11.8 Å². The Hall–Kier alpha value is -3.63. The summed E-state index contributed by atoms with van der Waals surface area (Å²) in [5, 5.41) is 20.6. The molecule has 4 aromatic rings. The number of hydrogen-bond donors (Lipinski definition) is 2. The molecule has 174 valence electrons. The fraction of sp³-hybridized carbons (Fsp3) is 0.276. The number of hydrogen-bond acceptors (Lipinski definition) is 5. The first kappa shape index (κ1) is 20.7. The Labute approximate surface area is 202 Å². The van der Waals surface area contributed by atoms with Gasteiger partial charge in [0, 0.05) is 11.8 Å². The molecule has 6 heteroatoms. The molecule has 0 spiro atoms. The molecular formula is C29H24N2O4. The van der Waals surface area contributed by atoms with Gasteiger partial charge in [-0.2, -0.15) is 0 Å². The number of nitrogens with zero attached hydrogens (tertiary/aromatic N) is 1. The number of carbonyl (C=O) groups excluding carboxylic acids is 1. The molecule has 0 saturated carbocycles. The third-order valence-electron chi connectivity index (χ3n) is 7.75. The summed E-state index contributed by atoms with van der Waals surface area (Å²) in [5.41, 5.74) is 0.549. The monoisotopic (exact) mass is 464 g/mol. The average Bonchev–Trinajstić information content (AvgIpc) is 3.37. The van der Waals surface area contributed by atoms with E-state index in [2.05, 4.69) is 65.7 Å². The number of aliphatic hydroxyl groups excluding tert-OH is 1. The maximum atomic E-state index is 12.6. The quantitative estimate of drug-likeness (QED) is 0.351. The summed E-state index contributed by atoms with van der Waals surface area (Å²) in [7, 11) is 0. The van der Waals surface area contributed by atoms with E-state index < -0.39 is 24.0 Å². The van der Waals surface area contributed by atoms with Crippen LogP contribution >= 0.6 is 0 Å². The van der Waals surface area contributed by atoms with Crippen molar-refractivity contribution in [2.45, 2.75) is 37.4 Å². The second-order valence-corrected chi connectivity index (χ2v) is 9.59. The smallest absolute Gasteiger partial charge is 0.262 e. The maximum absolute atomic E-state index is 12.6. The van der Waals surface area contributed by atoms with Crippen LogP contribution in [0.4, 0.5) is 0 Å². The normalized spacial score (nSPS) is 27.9. The van der Waals surface area contributed by atoms with Crippen molar-refractivity contribution in [1.82, 2.24) is 10.2 Å². The van der Waals surface area contributed by atoms with Gasteiger partial charge in [0.1, 0.15) is 23.4 Å². The van der Waals surface area contributed by atoms with Crippen LogP contribution in [0.15, 0.2) is 66.4 Å². The highest BCUT2D eigenvalue weighted by atomic mass is 16.6. The highest BCUT2D eigenvalue weighted by molar-refractivity contribution is 6.23. The topological polar surface area (TPSA) is 71.0 Å². The minimum atomic E-state index is -0.685. The average molecular weight is 465 g/mol. The molecule has 1 amide bonds. The Morgan fingerprint density at radius 2 is 1.80 bits per heavy atom. The molecule has 35 heavy (non-hydrogen) atoms. The van der Waals surface area contributed by atoms with E-state index in [1.165, 1.54) is 26.9 Å². The molecule has 2 bridgehead atoms. The molecule has 0 aromatic heterocycles. The number of amides is 1. The van der Waals surface area contributed by atoms with Gasteiger partial charge < -0.3 is 24.8 Å². The predicted octanol–water partition coefficient (Wildman–Crippen LogP) is 3.47. The molecule has 0 radical (unpaired) electrons. The zero-order valence-corrected chi connectivity index (χ0v) is 19.2. The van der Waals surface area contributed by atoms with Crippen LogP contribution in [0.3, 0.4) is 0 Å². The highest BCUT2D eigenvalue weighted by Crippen LogP contribution is 2.43. The molecule has 4 atom stereocenters. The summed E-state index contributed by atoms with van der Waals surface area (Å²) in [6.07, 6.45) is 0.785. The lowest BCUT2D eigenvalue weighted by Crippen LogP contribution is -2.51. The third kappa shape index (κ3) is 2.93. The van der Waals surface area contributed by atoms with E-state index in [0.29, 0.717) is 18.6 Å². The minimum Gasteiger partial charge on any atom is -0.387 e. The van der Waals surface area contributed by atoms with Crippen LogP contribution in [0, 0.1) is 11.8 Å². The molecule has 0 aliphatic carbocycles. The van der Waals surface area contributed by atoms with Crippen LogP contribution in [0.5, 0.6) is 0 Å². The molecule has 7 rings (SSSR count). The van der Waals surface area contributed by atoms with Crippen LogP contribution in [0.2, 0.25) is 0 Å². The summed E-state index contributed by atoms with van der Waals surface area (Å²) >= 11 is 0. The second kappa shape index (κ2) is 7.43. The first-order valence-corrected chi connectivity index (χ1v) is 12.0. The Bertz CT molecular complexity index is 1580. The van der Waals surface area contributed by atoms with Gasteiger partial charge in [0.05, 0.1) is 13.3 Å². The Morgan fingerprint density at radius 1 is 1.06 bits per heavy atom. The van der Waals surface area contributed by atoms with Crippen molar-refractivity contribution in [1.29, 1.82) is 0 Å². The molecule has 6 nitrogen and oxygen atoms in total. The molecule has 1 unspecified atom stereocenters. The number of nitrogens with one attached hydrogen (secondary N) is 1. The number of ether oxygens (including phenoxy) is 2. The summed E-state index contributed by atoms with van der Waals surface area (Å²) in [4.78, 5) is 14.5. The largest absolute Gasteiger partial charge is 0.387 e. The first-order chi connectivity index (χ1) is 17.1. The number of carbonyl (C=O) groups is 1. The summed E-state index contributed by atoms with van der Waals surface area (Å²) in [6.45, 7) is 2.65. The van der Waals surface area contributed by atoms with Crippen molar-refractivity contribution in [2.75, 3.05) is 13.3 Å². The lowest BCUT2D eigenvalue weighted by molar-refractivity contribution is -0.189. The van der Waals surface area contributed by atoms with Crippen molar-refractivity contribution in [3.63, 3.8) is 0 Å². The molecular weight excluding hydrogens is 440 g/mol. The lowest BCUT2D eigenvalue weighted by Gasteiger charge is -2.37. The standard InChI is InChI=1S/C29H24N2O4/c1-2-29-15-34-25(26(29)32)28(35-29)31-14-21(27(33)30-16-31)11-7-17-6-8-20-10-9-18-4-3-5-19-12-13-22(17)24(20)23(18)19/h3-6,8-10,12-14,25-26,28,32H,2,15-16H2,1H3,(H,30,33)/t25?,26-,28-,29+/m1/s1. The Morgan fingerprint density at radius 3 is 2.57 bits per heavy atom. The SMILES string of the molecule is CC[C@@]12COC([C@H](N3C=C(C#Cc4ccc5ccc6cccc7ccc4c5c67)C(=O)NC3)O1)[C@H]2O. The maximum Gasteiger partial charge on any atom is 0.262 e. The number of rotatable bonds is 2. The third-order valence-corrected chi connectivity index (χ3v) is 7.75. The van der Waals surface area contributed by atoms with E-state index in [1.54, 1.807) is 6.20 Å². The number of fused-ring (bicyclic) bond motifs is 2. The zero-order valence-electron chi connectivity index (χ0n) is 19.2. The molecule has 3 aliphatic rings. The summed E-state index contributed by atoms with van der Waals surface area (Å²) in [6, 6.07) is 19.0. The molecule has 2 saturated heterocycles. The highest BCUT2D eigenvalue weighted by Gasteiger charge is 2.61. The van der Waals surface area contributed by atoms with Crippen molar-refractivity contribution < 1.29 is 19.4 Å². The molecule has 2 fully saturated rings. The van der Waals surface area contributed by atoms with Crippen molar-refractivity contribution in [2.24, 2.45) is 0 Å². The van der Waals surface area contributed by atoms with Gasteiger partial charge in [0.25, 0.3) is 5.91 Å². The van der Waals surface area contributed by atoms with Gasteiger partial charge in [0.2, 0.25) is 0 Å². The number of aliphatic hydroxyl groups is 1. The Balaban J connectivity index is 1.27. The molecule has 2 N–H and O–H groups in total. The van der Waals surface area contributed by atoms with Gasteiger partial charge in [-0.3, -0.25) is 4.79 Å². The van der Waals surface area contributed by atoms with Crippen LogP contribution in [-0.4, -0.2) is 53.2 Å². The van der Waals surface area contributed by atoms with Gasteiger partial charge in [-0.25, -0.2) is 0 Å². The van der Waals surface area contributed by atoms with Gasteiger partial charge in [-0.1, -0.05) is 67.3 Å². The molecule has 3 heterocycles. The second-order valence-electron chi connectivity index (χ2n) is 9.59. The molecule has 3 aliphatic heterocycles. The summed E-state index contributed by atoms with van der Waals surface area (Å²) < 4.78 is 12.1. The fourth-order valence-electron chi connectivity index (χ4n) is 5.77. The van der Waals surface area contributed by atoms with Crippen LogP contribution < -0.4 is 5.32 Å². The number of benzene rings is 4. The van der Waals surface area contributed by atoms with Crippen molar-refractivity contribution in [3.05, 3.63) is 71.9 Å². The summed E-state index contributed by atoms with van der Waals surface area (Å²) in [5.74, 6) is 6.12.